The van der Waals surface area contributed by atoms with Gasteiger partial charge < -0.3 is 4.57 Å². The van der Waals surface area contributed by atoms with E-state index in [4.69, 9.17) is 15.0 Å². The molecule has 0 atom stereocenters. The minimum Gasteiger partial charge on any atom is -0.309 e. The standard InChI is InChI=1S/C39H28N6/c1-3-15-31-34-33(25-24-30-29-22-13-14-23-32(29)44(35(30)34)28-20-11-6-12-21-28)45(38(31)40-2)39-42-36(26-16-7-4-8-17-26)41-37(43-39)27-18-9-5-10-19-27/h3-25H,2H2,1H3/b15-3-. The molecule has 5 aromatic carbocycles. The summed E-state index contributed by atoms with van der Waals surface area (Å²) >= 11 is 0. The van der Waals surface area contributed by atoms with E-state index in [9.17, 15) is 0 Å². The number of rotatable bonds is 6. The maximum Gasteiger partial charge on any atom is 0.240 e. The maximum atomic E-state index is 5.06. The number of hydrogen-bond donors (Lipinski definition) is 0. The number of nitrogens with zero attached hydrogens (tertiary/aromatic N) is 6. The van der Waals surface area contributed by atoms with E-state index < -0.39 is 0 Å². The van der Waals surface area contributed by atoms with E-state index in [1.54, 1.807) is 0 Å². The third kappa shape index (κ3) is 4.26. The fraction of sp³-hybridized carbons (Fsp3) is 0.0256. The van der Waals surface area contributed by atoms with Crippen LogP contribution in [0.1, 0.15) is 12.5 Å². The molecule has 0 radical (unpaired) electrons. The van der Waals surface area contributed by atoms with E-state index in [2.05, 4.69) is 83.0 Å². The highest BCUT2D eigenvalue weighted by molar-refractivity contribution is 6.21. The lowest BCUT2D eigenvalue weighted by Crippen LogP contribution is -2.06. The molecule has 8 rings (SSSR count). The van der Waals surface area contributed by atoms with Gasteiger partial charge in [0.15, 0.2) is 11.6 Å². The summed E-state index contributed by atoms with van der Waals surface area (Å²) < 4.78 is 4.36. The summed E-state index contributed by atoms with van der Waals surface area (Å²) in [5.41, 5.74) is 7.01. The van der Waals surface area contributed by atoms with Gasteiger partial charge in [-0.25, -0.2) is 9.98 Å². The fourth-order valence-corrected chi connectivity index (χ4v) is 6.27. The topological polar surface area (TPSA) is 60.9 Å². The quantitative estimate of drug-likeness (QED) is 0.184. The van der Waals surface area contributed by atoms with E-state index >= 15 is 0 Å². The third-order valence-corrected chi connectivity index (χ3v) is 8.16. The molecule has 8 aromatic rings. The van der Waals surface area contributed by atoms with Crippen LogP contribution in [0, 0.1) is 0 Å². The highest BCUT2D eigenvalue weighted by Gasteiger charge is 2.25. The van der Waals surface area contributed by atoms with Gasteiger partial charge in [-0.2, -0.15) is 9.97 Å². The van der Waals surface area contributed by atoms with E-state index in [0.717, 1.165) is 49.7 Å². The van der Waals surface area contributed by atoms with Crippen molar-refractivity contribution in [2.24, 2.45) is 4.99 Å². The molecule has 45 heavy (non-hydrogen) atoms. The molecule has 0 fully saturated rings. The molecule has 214 valence electrons. The van der Waals surface area contributed by atoms with Crippen LogP contribution in [0.15, 0.2) is 138 Å². The van der Waals surface area contributed by atoms with Crippen molar-refractivity contribution in [3.63, 3.8) is 0 Å². The van der Waals surface area contributed by atoms with E-state index in [0.29, 0.717) is 23.4 Å². The highest BCUT2D eigenvalue weighted by Crippen LogP contribution is 2.43. The van der Waals surface area contributed by atoms with Crippen LogP contribution in [0.25, 0.3) is 73.2 Å². The number of benzene rings is 5. The largest absolute Gasteiger partial charge is 0.309 e. The molecule has 0 saturated carbocycles. The monoisotopic (exact) mass is 580 g/mol. The van der Waals surface area contributed by atoms with Crippen LogP contribution < -0.4 is 0 Å². The van der Waals surface area contributed by atoms with Crippen molar-refractivity contribution >= 4 is 51.3 Å². The molecule has 3 heterocycles. The number of allylic oxidation sites excluding steroid dienone is 1. The van der Waals surface area contributed by atoms with Crippen LogP contribution in [-0.2, 0) is 0 Å². The lowest BCUT2D eigenvalue weighted by atomic mass is 10.1. The Kier molecular flexibility index (Phi) is 6.38. The van der Waals surface area contributed by atoms with Gasteiger partial charge >= 0.3 is 0 Å². The minimum absolute atomic E-state index is 0.479. The highest BCUT2D eigenvalue weighted by atomic mass is 15.2. The minimum atomic E-state index is 0.479. The van der Waals surface area contributed by atoms with E-state index in [1.807, 2.05) is 84.3 Å². The van der Waals surface area contributed by atoms with Crippen LogP contribution >= 0.6 is 0 Å². The van der Waals surface area contributed by atoms with Gasteiger partial charge in [-0.05, 0) is 37.9 Å². The second-order valence-electron chi connectivity index (χ2n) is 10.8. The number of aromatic nitrogens is 5. The predicted molar refractivity (Wildman–Crippen MR) is 186 cm³/mol. The Balaban J connectivity index is 1.53. The Morgan fingerprint density at radius 1 is 0.600 bits per heavy atom. The van der Waals surface area contributed by atoms with Crippen LogP contribution in [0.2, 0.25) is 0 Å². The van der Waals surface area contributed by atoms with Crippen molar-refractivity contribution in [2.75, 3.05) is 0 Å². The fourth-order valence-electron chi connectivity index (χ4n) is 6.27. The molecular formula is C39H28N6. The zero-order valence-electron chi connectivity index (χ0n) is 24.7. The molecule has 0 aliphatic heterocycles. The van der Waals surface area contributed by atoms with Crippen molar-refractivity contribution < 1.29 is 0 Å². The van der Waals surface area contributed by atoms with Crippen LogP contribution in [0.3, 0.4) is 0 Å². The first kappa shape index (κ1) is 26.5. The Hall–Kier alpha value is -6.14. The first-order chi connectivity index (χ1) is 22.3. The molecule has 6 heteroatoms. The Morgan fingerprint density at radius 2 is 1.20 bits per heavy atom. The average molecular weight is 581 g/mol. The van der Waals surface area contributed by atoms with Gasteiger partial charge in [0.25, 0.3) is 0 Å². The number of hydrogen-bond acceptors (Lipinski definition) is 4. The van der Waals surface area contributed by atoms with Gasteiger partial charge in [0, 0.05) is 38.5 Å². The lowest BCUT2D eigenvalue weighted by Gasteiger charge is -2.11. The predicted octanol–water partition coefficient (Wildman–Crippen LogP) is 9.61. The summed E-state index contributed by atoms with van der Waals surface area (Å²) in [6.07, 6.45) is 4.15. The lowest BCUT2D eigenvalue weighted by molar-refractivity contribution is 0.932. The first-order valence-corrected chi connectivity index (χ1v) is 14.9. The SMILES string of the molecule is C=Nc1c(/C=C\C)c2c(ccc3c4ccccc4n(-c4ccccc4)c32)n1-c1nc(-c2ccccc2)nc(-c2ccccc2)n1. The van der Waals surface area contributed by atoms with Gasteiger partial charge in [-0.1, -0.05) is 115 Å². The van der Waals surface area contributed by atoms with Crippen LogP contribution in [-0.4, -0.2) is 30.8 Å². The second kappa shape index (κ2) is 10.8. The van der Waals surface area contributed by atoms with Crippen molar-refractivity contribution in [3.8, 4) is 34.4 Å². The molecule has 0 aliphatic rings. The van der Waals surface area contributed by atoms with Gasteiger partial charge in [0.2, 0.25) is 5.95 Å². The molecule has 0 aliphatic carbocycles. The van der Waals surface area contributed by atoms with Gasteiger partial charge in [0.05, 0.1) is 16.6 Å². The maximum absolute atomic E-state index is 5.06. The second-order valence-corrected chi connectivity index (χ2v) is 10.8. The Morgan fingerprint density at radius 3 is 1.82 bits per heavy atom. The Bertz CT molecular complexity index is 2330. The number of aliphatic imine (C=N–C) groups is 1. The van der Waals surface area contributed by atoms with Crippen molar-refractivity contribution in [3.05, 3.63) is 139 Å². The number of para-hydroxylation sites is 2. The molecular weight excluding hydrogens is 552 g/mol. The molecule has 3 aromatic heterocycles. The van der Waals surface area contributed by atoms with Gasteiger partial charge in [-0.15, -0.1) is 0 Å². The summed E-state index contributed by atoms with van der Waals surface area (Å²) in [5, 5.41) is 3.39. The summed E-state index contributed by atoms with van der Waals surface area (Å²) in [4.78, 5) is 19.6. The third-order valence-electron chi connectivity index (χ3n) is 8.16. The molecule has 0 bridgehead atoms. The molecule has 0 amide bonds. The number of fused-ring (bicyclic) bond motifs is 5. The van der Waals surface area contributed by atoms with Crippen LogP contribution in [0.5, 0.6) is 0 Å². The van der Waals surface area contributed by atoms with Crippen molar-refractivity contribution in [2.45, 2.75) is 6.92 Å². The van der Waals surface area contributed by atoms with Gasteiger partial charge in [0.1, 0.15) is 5.82 Å². The van der Waals surface area contributed by atoms with E-state index in [1.165, 1.54) is 5.39 Å². The van der Waals surface area contributed by atoms with E-state index in [-0.39, 0.29) is 0 Å². The smallest absolute Gasteiger partial charge is 0.240 e. The summed E-state index contributed by atoms with van der Waals surface area (Å²) in [5.74, 6) is 2.32. The summed E-state index contributed by atoms with van der Waals surface area (Å²) in [7, 11) is 0. The van der Waals surface area contributed by atoms with Crippen molar-refractivity contribution in [1.29, 1.82) is 0 Å². The van der Waals surface area contributed by atoms with Crippen molar-refractivity contribution in [1.82, 2.24) is 24.1 Å². The van der Waals surface area contributed by atoms with Gasteiger partial charge in [-0.3, -0.25) is 4.57 Å². The molecule has 6 nitrogen and oxygen atoms in total. The normalized spacial score (nSPS) is 11.7. The summed E-state index contributed by atoms with van der Waals surface area (Å²) in [6, 6.07) is 43.4. The zero-order valence-corrected chi connectivity index (χ0v) is 24.7. The average Bonchev–Trinajstić information content (AvgIpc) is 3.62. The zero-order chi connectivity index (χ0) is 30.3. The molecule has 0 spiro atoms. The first-order valence-electron chi connectivity index (χ1n) is 14.9. The molecule has 0 unspecified atom stereocenters. The Labute approximate surface area is 260 Å². The molecule has 0 N–H and O–H groups in total. The summed E-state index contributed by atoms with van der Waals surface area (Å²) in [6.45, 7) is 6.06. The molecule has 0 saturated heterocycles. The van der Waals surface area contributed by atoms with Crippen LogP contribution in [0.4, 0.5) is 5.82 Å².